The average molecular weight is 447 g/mol. The van der Waals surface area contributed by atoms with E-state index in [0.717, 1.165) is 11.1 Å². The number of hydrazone groups is 1. The molecule has 0 unspecified atom stereocenters. The van der Waals surface area contributed by atoms with Crippen LogP contribution in [0.4, 0.5) is 11.4 Å². The smallest absolute Gasteiger partial charge is 0.308 e. The summed E-state index contributed by atoms with van der Waals surface area (Å²) in [5, 5.41) is 15.5. The van der Waals surface area contributed by atoms with Gasteiger partial charge in [0, 0.05) is 32.4 Å². The molecule has 0 aliphatic rings. The lowest BCUT2D eigenvalue weighted by Crippen LogP contribution is -2.09. The van der Waals surface area contributed by atoms with Crippen LogP contribution in [0.15, 0.2) is 77.9 Å². The van der Waals surface area contributed by atoms with Crippen molar-refractivity contribution in [1.29, 1.82) is 0 Å². The van der Waals surface area contributed by atoms with Gasteiger partial charge < -0.3 is 9.47 Å². The molecule has 0 saturated carbocycles. The molecule has 9 nitrogen and oxygen atoms in total. The third-order valence-corrected chi connectivity index (χ3v) is 4.38. The van der Waals surface area contributed by atoms with Crippen molar-refractivity contribution in [2.75, 3.05) is 5.43 Å². The molecular weight excluding hydrogens is 426 g/mol. The van der Waals surface area contributed by atoms with Gasteiger partial charge in [-0.05, 0) is 53.6 Å². The molecule has 3 aromatic carbocycles. The van der Waals surface area contributed by atoms with Gasteiger partial charge in [0.15, 0.2) is 0 Å². The molecule has 0 aromatic heterocycles. The number of esters is 2. The fourth-order valence-electron chi connectivity index (χ4n) is 2.94. The zero-order valence-corrected chi connectivity index (χ0v) is 18.0. The number of ether oxygens (including phenoxy) is 2. The van der Waals surface area contributed by atoms with Crippen molar-refractivity contribution in [2.24, 2.45) is 5.10 Å². The first-order valence-electron chi connectivity index (χ1n) is 9.93. The maximum atomic E-state index is 11.2. The van der Waals surface area contributed by atoms with Gasteiger partial charge in [-0.25, -0.2) is 0 Å². The zero-order valence-electron chi connectivity index (χ0n) is 18.0. The Bertz CT molecular complexity index is 1190. The number of non-ortho nitro benzene ring substituents is 1. The summed E-state index contributed by atoms with van der Waals surface area (Å²) >= 11 is 0. The van der Waals surface area contributed by atoms with Gasteiger partial charge in [-0.2, -0.15) is 5.10 Å². The van der Waals surface area contributed by atoms with Crippen LogP contribution in [-0.2, 0) is 16.0 Å². The normalized spacial score (nSPS) is 10.9. The van der Waals surface area contributed by atoms with Crippen LogP contribution in [0.1, 0.15) is 25.0 Å². The van der Waals surface area contributed by atoms with Gasteiger partial charge in [-0.15, -0.1) is 0 Å². The highest BCUT2D eigenvalue weighted by atomic mass is 16.6. The molecule has 0 bridgehead atoms. The first kappa shape index (κ1) is 23.1. The van der Waals surface area contributed by atoms with Crippen LogP contribution in [0, 0.1) is 10.1 Å². The zero-order chi connectivity index (χ0) is 23.8. The van der Waals surface area contributed by atoms with Crippen molar-refractivity contribution in [3.63, 3.8) is 0 Å². The van der Waals surface area contributed by atoms with Crippen molar-refractivity contribution < 1.29 is 24.0 Å². The van der Waals surface area contributed by atoms with E-state index in [9.17, 15) is 19.7 Å². The third kappa shape index (κ3) is 7.00. The van der Waals surface area contributed by atoms with E-state index in [4.69, 9.17) is 9.47 Å². The number of rotatable bonds is 8. The Hall–Kier alpha value is -4.53. The predicted molar refractivity (Wildman–Crippen MR) is 122 cm³/mol. The van der Waals surface area contributed by atoms with E-state index in [-0.39, 0.29) is 5.69 Å². The standard InChI is InChI=1S/C24H21N3O6/c1-16(28)32-22-10-6-18(7-11-22)14-24(19-8-12-23(13-9-19)33-17(2)29)26-25-20-4-3-5-21(15-20)27(30)31/h3-13,15,25H,14H2,1-2H3/b26-24-. The molecule has 0 spiro atoms. The number of benzene rings is 3. The predicted octanol–water partition coefficient (Wildman–Crippen LogP) is 4.50. The summed E-state index contributed by atoms with van der Waals surface area (Å²) in [6.45, 7) is 2.65. The molecule has 0 heterocycles. The van der Waals surface area contributed by atoms with Crippen LogP contribution in [-0.4, -0.2) is 22.6 Å². The molecule has 0 aliphatic carbocycles. The van der Waals surface area contributed by atoms with E-state index in [2.05, 4.69) is 10.5 Å². The average Bonchev–Trinajstić information content (AvgIpc) is 2.78. The summed E-state index contributed by atoms with van der Waals surface area (Å²) < 4.78 is 10.1. The van der Waals surface area contributed by atoms with Crippen LogP contribution in [0.3, 0.4) is 0 Å². The summed E-state index contributed by atoms with van der Waals surface area (Å²) in [7, 11) is 0. The highest BCUT2D eigenvalue weighted by Gasteiger charge is 2.10. The fraction of sp³-hybridized carbons (Fsp3) is 0.125. The van der Waals surface area contributed by atoms with Crippen molar-refractivity contribution in [3.05, 3.63) is 94.0 Å². The number of nitrogens with one attached hydrogen (secondary N) is 1. The Morgan fingerprint density at radius 1 is 0.909 bits per heavy atom. The molecule has 33 heavy (non-hydrogen) atoms. The summed E-state index contributed by atoms with van der Waals surface area (Å²) in [4.78, 5) is 32.8. The number of nitrogens with zero attached hydrogens (tertiary/aromatic N) is 2. The molecular formula is C24H21N3O6. The van der Waals surface area contributed by atoms with E-state index in [1.165, 1.54) is 26.0 Å². The van der Waals surface area contributed by atoms with Crippen LogP contribution in [0.25, 0.3) is 0 Å². The van der Waals surface area contributed by atoms with Crippen LogP contribution in [0.2, 0.25) is 0 Å². The number of nitro benzene ring substituents is 1. The van der Waals surface area contributed by atoms with E-state index in [0.29, 0.717) is 29.3 Å². The van der Waals surface area contributed by atoms with E-state index in [1.54, 1.807) is 48.5 Å². The molecule has 1 N–H and O–H groups in total. The minimum absolute atomic E-state index is 0.0523. The maximum Gasteiger partial charge on any atom is 0.308 e. The Balaban J connectivity index is 1.87. The Morgan fingerprint density at radius 2 is 1.48 bits per heavy atom. The molecule has 0 radical (unpaired) electrons. The van der Waals surface area contributed by atoms with Crippen molar-refractivity contribution in [2.45, 2.75) is 20.3 Å². The fourth-order valence-corrected chi connectivity index (χ4v) is 2.94. The molecule has 168 valence electrons. The minimum Gasteiger partial charge on any atom is -0.427 e. The summed E-state index contributed by atoms with van der Waals surface area (Å²) in [5.74, 6) is 0.0176. The maximum absolute atomic E-state index is 11.2. The second-order valence-corrected chi connectivity index (χ2v) is 7.01. The number of anilines is 1. The number of hydrogen-bond acceptors (Lipinski definition) is 8. The Labute approximate surface area is 189 Å². The van der Waals surface area contributed by atoms with Gasteiger partial charge in [0.2, 0.25) is 0 Å². The summed E-state index contributed by atoms with van der Waals surface area (Å²) in [5.41, 5.74) is 5.57. The molecule has 3 aromatic rings. The number of nitro groups is 1. The molecule has 9 heteroatoms. The van der Waals surface area contributed by atoms with Gasteiger partial charge in [0.1, 0.15) is 11.5 Å². The van der Waals surface area contributed by atoms with Gasteiger partial charge >= 0.3 is 11.9 Å². The number of hydrogen-bond donors (Lipinski definition) is 1. The van der Waals surface area contributed by atoms with E-state index < -0.39 is 16.9 Å². The molecule has 0 amide bonds. The minimum atomic E-state index is -0.478. The van der Waals surface area contributed by atoms with Gasteiger partial charge in [0.25, 0.3) is 5.69 Å². The van der Waals surface area contributed by atoms with Gasteiger partial charge in [0.05, 0.1) is 16.3 Å². The molecule has 0 saturated heterocycles. The first-order chi connectivity index (χ1) is 15.8. The lowest BCUT2D eigenvalue weighted by atomic mass is 10.0. The Morgan fingerprint density at radius 3 is 2.03 bits per heavy atom. The lowest BCUT2D eigenvalue weighted by molar-refractivity contribution is -0.384. The first-order valence-corrected chi connectivity index (χ1v) is 9.93. The van der Waals surface area contributed by atoms with Crippen molar-refractivity contribution >= 4 is 29.0 Å². The topological polar surface area (TPSA) is 120 Å². The molecule has 3 rings (SSSR count). The van der Waals surface area contributed by atoms with Crippen LogP contribution >= 0.6 is 0 Å². The highest BCUT2D eigenvalue weighted by Crippen LogP contribution is 2.20. The van der Waals surface area contributed by atoms with Crippen molar-refractivity contribution in [3.8, 4) is 11.5 Å². The number of carbonyl (C=O) groups excluding carboxylic acids is 2. The molecule has 0 fully saturated rings. The largest absolute Gasteiger partial charge is 0.427 e. The second kappa shape index (κ2) is 10.7. The third-order valence-electron chi connectivity index (χ3n) is 4.38. The van der Waals surface area contributed by atoms with Crippen molar-refractivity contribution in [1.82, 2.24) is 0 Å². The van der Waals surface area contributed by atoms with Crippen LogP contribution < -0.4 is 14.9 Å². The van der Waals surface area contributed by atoms with E-state index in [1.807, 2.05) is 12.1 Å². The Kier molecular flexibility index (Phi) is 7.48. The SMILES string of the molecule is CC(=O)Oc1ccc(C/C(=N/Nc2cccc([N+](=O)[O-])c2)c2ccc(OC(C)=O)cc2)cc1. The molecule has 0 atom stereocenters. The highest BCUT2D eigenvalue weighted by molar-refractivity contribution is 6.02. The molecule has 0 aliphatic heterocycles. The summed E-state index contributed by atoms with van der Waals surface area (Å²) in [6, 6.07) is 19.9. The van der Waals surface area contributed by atoms with Crippen LogP contribution in [0.5, 0.6) is 11.5 Å². The lowest BCUT2D eigenvalue weighted by Gasteiger charge is -2.10. The monoisotopic (exact) mass is 447 g/mol. The summed E-state index contributed by atoms with van der Waals surface area (Å²) in [6.07, 6.45) is 0.412. The van der Waals surface area contributed by atoms with E-state index >= 15 is 0 Å². The second-order valence-electron chi connectivity index (χ2n) is 7.01. The van der Waals surface area contributed by atoms with Gasteiger partial charge in [-0.3, -0.25) is 25.1 Å². The number of carbonyl (C=O) groups is 2. The van der Waals surface area contributed by atoms with Gasteiger partial charge in [-0.1, -0.05) is 18.2 Å². The quantitative estimate of drug-likeness (QED) is 0.177.